The minimum atomic E-state index is -0.286. The monoisotopic (exact) mass is 185 g/mol. The van der Waals surface area contributed by atoms with Crippen LogP contribution in [0.4, 0.5) is 0 Å². The summed E-state index contributed by atoms with van der Waals surface area (Å²) in [5, 5.41) is 9.64. The first-order chi connectivity index (χ1) is 6.20. The van der Waals surface area contributed by atoms with Gasteiger partial charge in [0.1, 0.15) is 0 Å². The van der Waals surface area contributed by atoms with E-state index >= 15 is 0 Å². The molecule has 1 aliphatic heterocycles. The molecular formula is C10H19NO2. The minimum absolute atomic E-state index is 0.218. The molecule has 0 amide bonds. The topological polar surface area (TPSA) is 32.7 Å². The zero-order valence-corrected chi connectivity index (χ0v) is 8.44. The fraction of sp³-hybridized carbons (Fsp3) is 1.00. The van der Waals surface area contributed by atoms with Gasteiger partial charge < -0.3 is 9.84 Å². The van der Waals surface area contributed by atoms with Crippen molar-refractivity contribution in [3.63, 3.8) is 0 Å². The first kappa shape index (κ1) is 9.44. The van der Waals surface area contributed by atoms with Gasteiger partial charge in [-0.2, -0.15) is 0 Å². The summed E-state index contributed by atoms with van der Waals surface area (Å²) in [5.41, 5.74) is 0. The van der Waals surface area contributed by atoms with Crippen molar-refractivity contribution >= 4 is 0 Å². The van der Waals surface area contributed by atoms with Crippen molar-refractivity contribution < 1.29 is 9.84 Å². The van der Waals surface area contributed by atoms with Crippen molar-refractivity contribution in [1.82, 2.24) is 4.90 Å². The second-order valence-corrected chi connectivity index (χ2v) is 4.42. The van der Waals surface area contributed by atoms with Crippen LogP contribution in [0.3, 0.4) is 0 Å². The highest BCUT2D eigenvalue weighted by molar-refractivity contribution is 4.90. The quantitative estimate of drug-likeness (QED) is 0.694. The molecule has 3 atom stereocenters. The third-order valence-electron chi connectivity index (χ3n) is 3.49. The van der Waals surface area contributed by atoms with Crippen LogP contribution in [0, 0.1) is 5.92 Å². The van der Waals surface area contributed by atoms with E-state index in [1.54, 1.807) is 0 Å². The number of rotatable bonds is 3. The molecule has 0 spiro atoms. The maximum atomic E-state index is 9.64. The molecule has 0 aromatic heterocycles. The number of likely N-dealkylation sites (N-methyl/N-ethyl adjacent to an activating group) is 1. The van der Waals surface area contributed by atoms with Gasteiger partial charge in [0.25, 0.3) is 0 Å². The van der Waals surface area contributed by atoms with Gasteiger partial charge in [-0.3, -0.25) is 4.90 Å². The molecule has 0 aromatic carbocycles. The van der Waals surface area contributed by atoms with Crippen LogP contribution in [0.25, 0.3) is 0 Å². The Morgan fingerprint density at radius 3 is 2.54 bits per heavy atom. The molecule has 1 saturated carbocycles. The summed E-state index contributed by atoms with van der Waals surface area (Å²) in [6.07, 6.45) is 2.43. The highest BCUT2D eigenvalue weighted by atomic mass is 16.5. The molecule has 1 saturated heterocycles. The highest BCUT2D eigenvalue weighted by Crippen LogP contribution is 2.35. The number of ether oxygens (including phenoxy) is 1. The minimum Gasteiger partial charge on any atom is -0.389 e. The Morgan fingerprint density at radius 1 is 1.38 bits per heavy atom. The molecular weight excluding hydrogens is 166 g/mol. The number of nitrogens with zero attached hydrogens (tertiary/aromatic N) is 1. The second-order valence-electron chi connectivity index (χ2n) is 4.42. The summed E-state index contributed by atoms with van der Waals surface area (Å²) in [7, 11) is 2.10. The average molecular weight is 185 g/mol. The van der Waals surface area contributed by atoms with E-state index < -0.39 is 0 Å². The van der Waals surface area contributed by atoms with Crippen LogP contribution in [-0.4, -0.2) is 48.5 Å². The Balaban J connectivity index is 1.90. The Kier molecular flexibility index (Phi) is 2.58. The summed E-state index contributed by atoms with van der Waals surface area (Å²) in [4.78, 5) is 2.29. The van der Waals surface area contributed by atoms with E-state index in [0.29, 0.717) is 19.3 Å². The summed E-state index contributed by atoms with van der Waals surface area (Å²) in [6.45, 7) is 3.45. The van der Waals surface area contributed by atoms with E-state index in [1.807, 2.05) is 0 Å². The third kappa shape index (κ3) is 1.87. The number of hydrogen-bond donors (Lipinski definition) is 1. The van der Waals surface area contributed by atoms with E-state index in [9.17, 15) is 5.11 Å². The molecule has 0 aromatic rings. The third-order valence-corrected chi connectivity index (χ3v) is 3.49. The lowest BCUT2D eigenvalue weighted by atomic mass is 10.1. The summed E-state index contributed by atoms with van der Waals surface area (Å²) < 4.78 is 5.25. The Hall–Kier alpha value is -0.120. The van der Waals surface area contributed by atoms with E-state index in [4.69, 9.17) is 4.74 Å². The number of hydrogen-bond acceptors (Lipinski definition) is 3. The predicted octanol–water partition coefficient (Wildman–Crippen LogP) is 0.476. The van der Waals surface area contributed by atoms with Gasteiger partial charge in [-0.25, -0.2) is 0 Å². The Labute approximate surface area is 79.7 Å². The van der Waals surface area contributed by atoms with Crippen LogP contribution in [0.5, 0.6) is 0 Å². The van der Waals surface area contributed by atoms with Gasteiger partial charge >= 0.3 is 0 Å². The molecule has 3 heteroatoms. The van der Waals surface area contributed by atoms with Crippen molar-refractivity contribution in [2.75, 3.05) is 20.3 Å². The van der Waals surface area contributed by atoms with E-state index in [-0.39, 0.29) is 12.1 Å². The van der Waals surface area contributed by atoms with Gasteiger partial charge in [-0.05, 0) is 32.7 Å². The largest absolute Gasteiger partial charge is 0.389 e. The smallest absolute Gasteiger partial charge is 0.0950 e. The van der Waals surface area contributed by atoms with Gasteiger partial charge in [0.05, 0.1) is 25.4 Å². The lowest BCUT2D eigenvalue weighted by molar-refractivity contribution is 0.0714. The SMILES string of the molecule is CC(C1CC1)N(C)C1COCC1O. The lowest BCUT2D eigenvalue weighted by Gasteiger charge is -2.31. The fourth-order valence-corrected chi connectivity index (χ4v) is 2.13. The fourth-order valence-electron chi connectivity index (χ4n) is 2.13. The molecule has 13 heavy (non-hydrogen) atoms. The van der Waals surface area contributed by atoms with Gasteiger partial charge in [0.15, 0.2) is 0 Å². The van der Waals surface area contributed by atoms with Gasteiger partial charge in [0, 0.05) is 6.04 Å². The van der Waals surface area contributed by atoms with Crippen LogP contribution in [0.15, 0.2) is 0 Å². The molecule has 1 aliphatic carbocycles. The van der Waals surface area contributed by atoms with E-state index in [2.05, 4.69) is 18.9 Å². The van der Waals surface area contributed by atoms with Gasteiger partial charge in [0.2, 0.25) is 0 Å². The number of aliphatic hydroxyl groups is 1. The standard InChI is InChI=1S/C10H19NO2/c1-7(8-3-4-8)11(2)9-5-13-6-10(9)12/h7-10,12H,3-6H2,1-2H3. The molecule has 1 N–H and O–H groups in total. The maximum Gasteiger partial charge on any atom is 0.0950 e. The van der Waals surface area contributed by atoms with Crippen LogP contribution in [0.1, 0.15) is 19.8 Å². The predicted molar refractivity (Wildman–Crippen MR) is 50.6 cm³/mol. The molecule has 2 rings (SSSR count). The summed E-state index contributed by atoms with van der Waals surface area (Å²) in [5.74, 6) is 0.859. The molecule has 0 radical (unpaired) electrons. The van der Waals surface area contributed by atoms with Crippen LogP contribution >= 0.6 is 0 Å². The van der Waals surface area contributed by atoms with Gasteiger partial charge in [-0.1, -0.05) is 0 Å². The maximum absolute atomic E-state index is 9.64. The zero-order chi connectivity index (χ0) is 9.42. The lowest BCUT2D eigenvalue weighted by Crippen LogP contribution is -2.46. The van der Waals surface area contributed by atoms with Crippen molar-refractivity contribution in [3.8, 4) is 0 Å². The van der Waals surface area contributed by atoms with Crippen molar-refractivity contribution in [3.05, 3.63) is 0 Å². The summed E-state index contributed by atoms with van der Waals surface area (Å²) in [6, 6.07) is 0.817. The summed E-state index contributed by atoms with van der Waals surface area (Å²) >= 11 is 0. The average Bonchev–Trinajstić information content (AvgIpc) is 2.87. The molecule has 3 nitrogen and oxygen atoms in total. The molecule has 76 valence electrons. The van der Waals surface area contributed by atoms with Crippen molar-refractivity contribution in [1.29, 1.82) is 0 Å². The second kappa shape index (κ2) is 3.56. The van der Waals surface area contributed by atoms with E-state index in [1.165, 1.54) is 12.8 Å². The first-order valence-corrected chi connectivity index (χ1v) is 5.18. The number of aliphatic hydroxyl groups excluding tert-OH is 1. The van der Waals surface area contributed by atoms with Gasteiger partial charge in [-0.15, -0.1) is 0 Å². The highest BCUT2D eigenvalue weighted by Gasteiger charge is 2.37. The zero-order valence-electron chi connectivity index (χ0n) is 8.44. The Bertz CT molecular complexity index is 182. The molecule has 2 aliphatic rings. The molecule has 3 unspecified atom stereocenters. The van der Waals surface area contributed by atoms with E-state index in [0.717, 1.165) is 5.92 Å². The van der Waals surface area contributed by atoms with Crippen LogP contribution in [-0.2, 0) is 4.74 Å². The first-order valence-electron chi connectivity index (χ1n) is 5.18. The van der Waals surface area contributed by atoms with Crippen molar-refractivity contribution in [2.45, 2.75) is 38.0 Å². The van der Waals surface area contributed by atoms with Crippen LogP contribution in [0.2, 0.25) is 0 Å². The molecule has 1 heterocycles. The molecule has 0 bridgehead atoms. The van der Waals surface area contributed by atoms with Crippen LogP contribution < -0.4 is 0 Å². The molecule has 2 fully saturated rings. The van der Waals surface area contributed by atoms with Crippen molar-refractivity contribution in [2.24, 2.45) is 5.92 Å². The normalized spacial score (nSPS) is 36.9. The Morgan fingerprint density at radius 2 is 2.08 bits per heavy atom.